The zero-order chi connectivity index (χ0) is 13.9. The van der Waals surface area contributed by atoms with Gasteiger partial charge in [0.25, 0.3) is 0 Å². The highest BCUT2D eigenvalue weighted by molar-refractivity contribution is 5.82. The van der Waals surface area contributed by atoms with E-state index in [4.69, 9.17) is 0 Å². The minimum Gasteiger partial charge on any atom is -0.334 e. The van der Waals surface area contributed by atoms with E-state index in [1.54, 1.807) is 0 Å². The predicted molar refractivity (Wildman–Crippen MR) is 77.2 cm³/mol. The molecule has 1 saturated carbocycles. The van der Waals surface area contributed by atoms with Crippen molar-refractivity contribution in [3.8, 4) is 0 Å². The molecule has 3 rings (SSSR count). The Hall–Kier alpha value is -1.36. The Morgan fingerprint density at radius 2 is 2.20 bits per heavy atom. The van der Waals surface area contributed by atoms with Gasteiger partial charge in [0.1, 0.15) is 0 Å². The second-order valence-electron chi connectivity index (χ2n) is 5.90. The van der Waals surface area contributed by atoms with Gasteiger partial charge in [-0.25, -0.2) is 0 Å². The quantitative estimate of drug-likeness (QED) is 0.911. The number of amides is 1. The fourth-order valence-corrected chi connectivity index (χ4v) is 3.30. The molecule has 1 N–H and O–H groups in total. The highest BCUT2D eigenvalue weighted by Gasteiger charge is 2.27. The minimum atomic E-state index is -0.0133. The first-order chi connectivity index (χ1) is 9.78. The molecular formula is C15H24N4O. The van der Waals surface area contributed by atoms with E-state index in [9.17, 15) is 4.79 Å². The third kappa shape index (κ3) is 2.73. The molecule has 20 heavy (non-hydrogen) atoms. The predicted octanol–water partition coefficient (Wildman–Crippen LogP) is 1.71. The van der Waals surface area contributed by atoms with Crippen molar-refractivity contribution in [2.75, 3.05) is 13.1 Å². The summed E-state index contributed by atoms with van der Waals surface area (Å²) in [5.41, 5.74) is 1.02. The van der Waals surface area contributed by atoms with Crippen LogP contribution in [0.15, 0.2) is 12.3 Å². The Bertz CT molecular complexity index is 464. The van der Waals surface area contributed by atoms with Crippen molar-refractivity contribution in [1.82, 2.24) is 20.0 Å². The summed E-state index contributed by atoms with van der Waals surface area (Å²) in [6, 6.07) is 2.63. The second kappa shape index (κ2) is 5.95. The smallest absolute Gasteiger partial charge is 0.240 e. The zero-order valence-electron chi connectivity index (χ0n) is 12.2. The van der Waals surface area contributed by atoms with Crippen molar-refractivity contribution in [3.05, 3.63) is 18.0 Å². The van der Waals surface area contributed by atoms with Gasteiger partial charge in [-0.1, -0.05) is 19.8 Å². The van der Waals surface area contributed by atoms with Crippen molar-refractivity contribution < 1.29 is 4.79 Å². The van der Waals surface area contributed by atoms with Crippen LogP contribution in [0.25, 0.3) is 0 Å². The Labute approximate surface area is 120 Å². The molecule has 2 heterocycles. The van der Waals surface area contributed by atoms with Gasteiger partial charge in [-0.3, -0.25) is 9.48 Å². The molecule has 0 bridgehead atoms. The fourth-order valence-electron chi connectivity index (χ4n) is 3.30. The molecule has 5 nitrogen and oxygen atoms in total. The first kappa shape index (κ1) is 13.6. The van der Waals surface area contributed by atoms with Crippen molar-refractivity contribution in [2.45, 2.75) is 57.7 Å². The third-order valence-corrected chi connectivity index (χ3v) is 4.51. The summed E-state index contributed by atoms with van der Waals surface area (Å²) in [5.74, 6) is 0.217. The molecule has 1 aromatic heterocycles. The summed E-state index contributed by atoms with van der Waals surface area (Å²) in [4.78, 5) is 14.2. The van der Waals surface area contributed by atoms with Crippen molar-refractivity contribution >= 4 is 5.91 Å². The number of carbonyl (C=O) groups excluding carboxylic acids is 1. The largest absolute Gasteiger partial charge is 0.334 e. The van der Waals surface area contributed by atoms with Gasteiger partial charge >= 0.3 is 0 Å². The molecule has 1 aromatic rings. The normalized spacial score (nSPS) is 24.6. The number of nitrogens with zero attached hydrogens (tertiary/aromatic N) is 3. The van der Waals surface area contributed by atoms with Gasteiger partial charge in [-0.05, 0) is 25.3 Å². The summed E-state index contributed by atoms with van der Waals surface area (Å²) in [6.07, 6.45) is 8.04. The molecule has 1 saturated heterocycles. The van der Waals surface area contributed by atoms with E-state index in [0.29, 0.717) is 12.6 Å². The molecule has 1 unspecified atom stereocenters. The monoisotopic (exact) mass is 276 g/mol. The summed E-state index contributed by atoms with van der Waals surface area (Å²) < 4.78 is 2.10. The number of carbonyl (C=O) groups is 1. The van der Waals surface area contributed by atoms with E-state index < -0.39 is 0 Å². The topological polar surface area (TPSA) is 50.2 Å². The van der Waals surface area contributed by atoms with Crippen LogP contribution in [0.2, 0.25) is 0 Å². The van der Waals surface area contributed by atoms with Crippen LogP contribution in [0.3, 0.4) is 0 Å². The standard InChI is InChI=1S/C15H24N4O/c1-2-14-15(20)18(10-8-16-14)11-12-7-9-19(17-12)13-5-3-4-6-13/h7,9,13-14,16H,2-6,8,10-11H2,1H3. The number of nitrogens with one attached hydrogen (secondary N) is 1. The van der Waals surface area contributed by atoms with Gasteiger partial charge < -0.3 is 10.2 Å². The van der Waals surface area contributed by atoms with Crippen LogP contribution < -0.4 is 5.32 Å². The van der Waals surface area contributed by atoms with E-state index in [1.165, 1.54) is 25.7 Å². The first-order valence-electron chi connectivity index (χ1n) is 7.84. The molecule has 1 aliphatic carbocycles. The first-order valence-corrected chi connectivity index (χ1v) is 7.84. The van der Waals surface area contributed by atoms with Gasteiger partial charge in [0.15, 0.2) is 0 Å². The van der Waals surface area contributed by atoms with Crippen molar-refractivity contribution in [2.24, 2.45) is 0 Å². The fraction of sp³-hybridized carbons (Fsp3) is 0.733. The molecule has 0 spiro atoms. The molecule has 2 aliphatic rings. The average Bonchev–Trinajstić information content (AvgIpc) is 3.11. The number of aromatic nitrogens is 2. The highest BCUT2D eigenvalue weighted by Crippen LogP contribution is 2.28. The van der Waals surface area contributed by atoms with Crippen molar-refractivity contribution in [3.63, 3.8) is 0 Å². The molecule has 1 atom stereocenters. The van der Waals surface area contributed by atoms with Crippen LogP contribution in [0.5, 0.6) is 0 Å². The van der Waals surface area contributed by atoms with Gasteiger partial charge in [0, 0.05) is 19.3 Å². The SMILES string of the molecule is CCC1NCCN(Cc2ccn(C3CCCC3)n2)C1=O. The Kier molecular flexibility index (Phi) is 4.05. The van der Waals surface area contributed by atoms with E-state index in [0.717, 1.165) is 25.2 Å². The number of hydrogen-bond acceptors (Lipinski definition) is 3. The second-order valence-corrected chi connectivity index (χ2v) is 5.90. The van der Waals surface area contributed by atoms with Gasteiger partial charge in [-0.15, -0.1) is 0 Å². The maximum absolute atomic E-state index is 12.3. The van der Waals surface area contributed by atoms with E-state index in [-0.39, 0.29) is 11.9 Å². The highest BCUT2D eigenvalue weighted by atomic mass is 16.2. The van der Waals surface area contributed by atoms with Gasteiger partial charge in [0.05, 0.1) is 24.3 Å². The molecular weight excluding hydrogens is 252 g/mol. The molecule has 1 aliphatic heterocycles. The van der Waals surface area contributed by atoms with Crippen LogP contribution in [-0.2, 0) is 11.3 Å². The van der Waals surface area contributed by atoms with Crippen LogP contribution in [0, 0.1) is 0 Å². The lowest BCUT2D eigenvalue weighted by Gasteiger charge is -2.32. The number of rotatable bonds is 4. The summed E-state index contributed by atoms with van der Waals surface area (Å²) in [7, 11) is 0. The third-order valence-electron chi connectivity index (χ3n) is 4.51. The molecule has 5 heteroatoms. The Balaban J connectivity index is 1.63. The van der Waals surface area contributed by atoms with Crippen LogP contribution in [0.1, 0.15) is 50.8 Å². The molecule has 2 fully saturated rings. The number of piperazine rings is 1. The summed E-state index contributed by atoms with van der Waals surface area (Å²) >= 11 is 0. The summed E-state index contributed by atoms with van der Waals surface area (Å²) in [5, 5.41) is 7.94. The molecule has 0 radical (unpaired) electrons. The van der Waals surface area contributed by atoms with E-state index >= 15 is 0 Å². The zero-order valence-corrected chi connectivity index (χ0v) is 12.2. The molecule has 1 amide bonds. The minimum absolute atomic E-state index is 0.0133. The number of hydrogen-bond donors (Lipinski definition) is 1. The van der Waals surface area contributed by atoms with Crippen LogP contribution in [0.4, 0.5) is 0 Å². The Morgan fingerprint density at radius 3 is 2.95 bits per heavy atom. The summed E-state index contributed by atoms with van der Waals surface area (Å²) in [6.45, 7) is 4.36. The average molecular weight is 276 g/mol. The van der Waals surface area contributed by atoms with Gasteiger partial charge in [-0.2, -0.15) is 5.10 Å². The van der Waals surface area contributed by atoms with Gasteiger partial charge in [0.2, 0.25) is 5.91 Å². The lowest BCUT2D eigenvalue weighted by Crippen LogP contribution is -2.54. The maximum Gasteiger partial charge on any atom is 0.240 e. The van der Waals surface area contributed by atoms with Crippen LogP contribution in [-0.4, -0.2) is 39.7 Å². The van der Waals surface area contributed by atoms with E-state index in [2.05, 4.69) is 27.4 Å². The van der Waals surface area contributed by atoms with Crippen molar-refractivity contribution in [1.29, 1.82) is 0 Å². The van der Waals surface area contributed by atoms with E-state index in [1.807, 2.05) is 11.8 Å². The Morgan fingerprint density at radius 1 is 1.40 bits per heavy atom. The molecule has 0 aromatic carbocycles. The molecule has 110 valence electrons. The lowest BCUT2D eigenvalue weighted by molar-refractivity contribution is -0.136. The van der Waals surface area contributed by atoms with Crippen LogP contribution >= 0.6 is 0 Å². The maximum atomic E-state index is 12.3. The lowest BCUT2D eigenvalue weighted by atomic mass is 10.1.